The van der Waals surface area contributed by atoms with Crippen molar-refractivity contribution in [2.24, 2.45) is 5.73 Å². The van der Waals surface area contributed by atoms with E-state index in [1.165, 1.54) is 0 Å². The first kappa shape index (κ1) is 14.9. The Morgan fingerprint density at radius 1 is 1.44 bits per heavy atom. The van der Waals surface area contributed by atoms with E-state index in [-0.39, 0.29) is 24.8 Å². The molecule has 0 saturated heterocycles. The van der Waals surface area contributed by atoms with Crippen LogP contribution in [0.25, 0.3) is 0 Å². The fraction of sp³-hybridized carbons (Fsp3) is 0.800. The average Bonchev–Trinajstić information content (AvgIpc) is 2.12. The monoisotopic (exact) mass is 231 g/mol. The summed E-state index contributed by atoms with van der Waals surface area (Å²) in [6.45, 7) is 2.60. The quantitative estimate of drug-likeness (QED) is 0.535. The van der Waals surface area contributed by atoms with Crippen molar-refractivity contribution < 1.29 is 14.7 Å². The zero-order chi connectivity index (χ0) is 12.7. The maximum Gasteiger partial charge on any atom is 0.303 e. The van der Waals surface area contributed by atoms with E-state index in [0.717, 1.165) is 6.54 Å². The molecule has 0 saturated carbocycles. The number of aliphatic carboxylic acids is 1. The predicted molar refractivity (Wildman–Crippen MR) is 61.0 cm³/mol. The largest absolute Gasteiger partial charge is 0.481 e. The molecule has 4 N–H and O–H groups in total. The van der Waals surface area contributed by atoms with Gasteiger partial charge in [0.15, 0.2) is 0 Å². The zero-order valence-electron chi connectivity index (χ0n) is 10.1. The lowest BCUT2D eigenvalue weighted by Crippen LogP contribution is -2.47. The number of nitrogens with one attached hydrogen (secondary N) is 1. The molecule has 0 radical (unpaired) electrons. The number of hydrogen-bond donors (Lipinski definition) is 3. The maximum atomic E-state index is 11.5. The standard InChI is InChI=1S/C10H21N3O3/c1-7(6-13(2)3)12-10(16)8(11)4-5-9(14)15/h7-8H,4-6,11H2,1-3H3,(H,12,16)(H,14,15). The number of nitrogens with zero attached hydrogens (tertiary/aromatic N) is 1. The number of carbonyl (C=O) groups excluding carboxylic acids is 1. The van der Waals surface area contributed by atoms with Gasteiger partial charge in [-0.05, 0) is 27.4 Å². The van der Waals surface area contributed by atoms with Crippen molar-refractivity contribution in [2.75, 3.05) is 20.6 Å². The Labute approximate surface area is 95.8 Å². The second-order valence-electron chi connectivity index (χ2n) is 4.21. The molecule has 16 heavy (non-hydrogen) atoms. The molecule has 6 heteroatoms. The number of nitrogens with two attached hydrogens (primary N) is 1. The van der Waals surface area contributed by atoms with Gasteiger partial charge >= 0.3 is 5.97 Å². The number of hydrogen-bond acceptors (Lipinski definition) is 4. The third-order valence-electron chi connectivity index (χ3n) is 2.03. The van der Waals surface area contributed by atoms with Crippen molar-refractivity contribution in [3.63, 3.8) is 0 Å². The highest BCUT2D eigenvalue weighted by molar-refractivity contribution is 5.82. The lowest BCUT2D eigenvalue weighted by atomic mass is 10.1. The second kappa shape index (κ2) is 7.19. The Bertz CT molecular complexity index is 243. The predicted octanol–water partition coefficient (Wildman–Crippen LogP) is -0.755. The molecule has 0 aliphatic rings. The van der Waals surface area contributed by atoms with Gasteiger partial charge in [-0.2, -0.15) is 0 Å². The summed E-state index contributed by atoms with van der Waals surface area (Å²) in [5.74, 6) is -1.24. The molecule has 0 aromatic carbocycles. The van der Waals surface area contributed by atoms with E-state index in [9.17, 15) is 9.59 Å². The molecule has 0 spiro atoms. The van der Waals surface area contributed by atoms with Gasteiger partial charge in [0.05, 0.1) is 6.04 Å². The van der Waals surface area contributed by atoms with Crippen LogP contribution in [0.5, 0.6) is 0 Å². The van der Waals surface area contributed by atoms with Gasteiger partial charge in [-0.1, -0.05) is 0 Å². The molecular weight excluding hydrogens is 210 g/mol. The molecule has 0 fully saturated rings. The SMILES string of the molecule is CC(CN(C)C)NC(=O)C(N)CCC(=O)O. The highest BCUT2D eigenvalue weighted by Crippen LogP contribution is 1.96. The molecule has 6 nitrogen and oxygen atoms in total. The summed E-state index contributed by atoms with van der Waals surface area (Å²) in [5, 5.41) is 11.2. The van der Waals surface area contributed by atoms with Crippen LogP contribution >= 0.6 is 0 Å². The number of carboxylic acid groups (broad SMARTS) is 1. The van der Waals surface area contributed by atoms with Gasteiger partial charge in [-0.15, -0.1) is 0 Å². The highest BCUT2D eigenvalue weighted by Gasteiger charge is 2.16. The van der Waals surface area contributed by atoms with Crippen LogP contribution in [0, 0.1) is 0 Å². The number of carbonyl (C=O) groups is 2. The lowest BCUT2D eigenvalue weighted by Gasteiger charge is -2.20. The molecule has 2 unspecified atom stereocenters. The minimum absolute atomic E-state index is 0.00150. The van der Waals surface area contributed by atoms with Crippen molar-refractivity contribution in [1.29, 1.82) is 0 Å². The molecule has 0 heterocycles. The van der Waals surface area contributed by atoms with Crippen molar-refractivity contribution in [1.82, 2.24) is 10.2 Å². The average molecular weight is 231 g/mol. The Kier molecular flexibility index (Phi) is 6.67. The molecular formula is C10H21N3O3. The molecule has 0 rings (SSSR count). The van der Waals surface area contributed by atoms with Crippen LogP contribution in [-0.2, 0) is 9.59 Å². The number of rotatable bonds is 7. The Morgan fingerprint density at radius 2 is 2.00 bits per heavy atom. The smallest absolute Gasteiger partial charge is 0.303 e. The van der Waals surface area contributed by atoms with Crippen molar-refractivity contribution >= 4 is 11.9 Å². The first-order chi connectivity index (χ1) is 7.32. The number of amides is 1. The topological polar surface area (TPSA) is 95.7 Å². The number of carboxylic acids is 1. The van der Waals surface area contributed by atoms with Crippen LogP contribution in [0.4, 0.5) is 0 Å². The van der Waals surface area contributed by atoms with Crippen LogP contribution in [0.15, 0.2) is 0 Å². The zero-order valence-corrected chi connectivity index (χ0v) is 10.1. The van der Waals surface area contributed by atoms with Gasteiger partial charge in [0.1, 0.15) is 0 Å². The van der Waals surface area contributed by atoms with Crippen molar-refractivity contribution in [2.45, 2.75) is 31.8 Å². The highest BCUT2D eigenvalue weighted by atomic mass is 16.4. The maximum absolute atomic E-state index is 11.5. The molecule has 0 aromatic rings. The Balaban J connectivity index is 3.90. The second-order valence-corrected chi connectivity index (χ2v) is 4.21. The van der Waals surface area contributed by atoms with E-state index >= 15 is 0 Å². The van der Waals surface area contributed by atoms with E-state index in [4.69, 9.17) is 10.8 Å². The van der Waals surface area contributed by atoms with Crippen LogP contribution in [-0.4, -0.2) is 54.6 Å². The summed E-state index contributed by atoms with van der Waals surface area (Å²) >= 11 is 0. The van der Waals surface area contributed by atoms with E-state index in [1.807, 2.05) is 25.9 Å². The van der Waals surface area contributed by atoms with Crippen LogP contribution in [0.1, 0.15) is 19.8 Å². The summed E-state index contributed by atoms with van der Waals surface area (Å²) in [4.78, 5) is 23.8. The van der Waals surface area contributed by atoms with Gasteiger partial charge < -0.3 is 21.1 Å². The Morgan fingerprint density at radius 3 is 2.44 bits per heavy atom. The Hall–Kier alpha value is -1.14. The first-order valence-electron chi connectivity index (χ1n) is 5.25. The molecule has 0 bridgehead atoms. The molecule has 94 valence electrons. The van der Waals surface area contributed by atoms with Gasteiger partial charge in [-0.25, -0.2) is 0 Å². The van der Waals surface area contributed by atoms with Gasteiger partial charge in [-0.3, -0.25) is 9.59 Å². The van der Waals surface area contributed by atoms with Gasteiger partial charge in [0.2, 0.25) is 5.91 Å². The first-order valence-corrected chi connectivity index (χ1v) is 5.25. The summed E-state index contributed by atoms with van der Waals surface area (Å²) < 4.78 is 0. The fourth-order valence-corrected chi connectivity index (χ4v) is 1.35. The van der Waals surface area contributed by atoms with Crippen LogP contribution < -0.4 is 11.1 Å². The summed E-state index contributed by atoms with van der Waals surface area (Å²) in [6.07, 6.45) is 0.0759. The van der Waals surface area contributed by atoms with Crippen LogP contribution in [0.3, 0.4) is 0 Å². The molecule has 0 aliphatic carbocycles. The number of likely N-dealkylation sites (N-methyl/N-ethyl adjacent to an activating group) is 1. The van der Waals surface area contributed by atoms with E-state index < -0.39 is 12.0 Å². The minimum Gasteiger partial charge on any atom is -0.481 e. The summed E-state index contributed by atoms with van der Waals surface area (Å²) in [6, 6.07) is -0.751. The third kappa shape index (κ3) is 7.19. The van der Waals surface area contributed by atoms with Crippen LogP contribution in [0.2, 0.25) is 0 Å². The lowest BCUT2D eigenvalue weighted by molar-refractivity contribution is -0.137. The van der Waals surface area contributed by atoms with Gasteiger partial charge in [0, 0.05) is 19.0 Å². The fourth-order valence-electron chi connectivity index (χ4n) is 1.35. The molecule has 2 atom stereocenters. The van der Waals surface area contributed by atoms with E-state index in [2.05, 4.69) is 5.32 Å². The molecule has 0 aromatic heterocycles. The summed E-state index contributed by atoms with van der Waals surface area (Å²) in [7, 11) is 3.82. The van der Waals surface area contributed by atoms with Crippen molar-refractivity contribution in [3.05, 3.63) is 0 Å². The molecule has 1 amide bonds. The normalized spacial score (nSPS) is 14.6. The third-order valence-corrected chi connectivity index (χ3v) is 2.03. The van der Waals surface area contributed by atoms with E-state index in [1.54, 1.807) is 0 Å². The summed E-state index contributed by atoms with van der Waals surface area (Å²) in [5.41, 5.74) is 5.56. The van der Waals surface area contributed by atoms with E-state index in [0.29, 0.717) is 0 Å². The molecule has 0 aliphatic heterocycles. The van der Waals surface area contributed by atoms with Crippen molar-refractivity contribution in [3.8, 4) is 0 Å². The van der Waals surface area contributed by atoms with Gasteiger partial charge in [0.25, 0.3) is 0 Å². The minimum atomic E-state index is -0.940.